The fraction of sp³-hybridized carbons (Fsp3) is 0.567. The van der Waals surface area contributed by atoms with Crippen LogP contribution >= 0.6 is 0 Å². The van der Waals surface area contributed by atoms with E-state index >= 15 is 0 Å². The maximum absolute atomic E-state index is 13.4. The van der Waals surface area contributed by atoms with Gasteiger partial charge in [-0.05, 0) is 54.8 Å². The molecule has 3 aliphatic heterocycles. The summed E-state index contributed by atoms with van der Waals surface area (Å²) in [7, 11) is 2.86. The molecule has 0 amide bonds. The van der Waals surface area contributed by atoms with Crippen LogP contribution in [0.2, 0.25) is 0 Å². The van der Waals surface area contributed by atoms with Crippen LogP contribution in [0.3, 0.4) is 0 Å². The molecule has 6 rings (SSSR count). The summed E-state index contributed by atoms with van der Waals surface area (Å²) in [6, 6.07) is 6.92. The van der Waals surface area contributed by atoms with Crippen molar-refractivity contribution in [2.75, 3.05) is 40.8 Å². The maximum atomic E-state index is 13.4. The SMILES string of the molecule is CCOC(C)OC1COC(OC2c3cc4c(cc3C(c3cc(OC)c(O)c(OC)c3)C3C(=O)OC[C@H]23)OCO4)C(O)C1O. The zero-order chi connectivity index (χ0) is 30.4. The van der Waals surface area contributed by atoms with E-state index in [1.54, 1.807) is 31.2 Å². The summed E-state index contributed by atoms with van der Waals surface area (Å²) in [6.07, 6.45) is -6.24. The number of aliphatic hydroxyl groups excluding tert-OH is 2. The lowest BCUT2D eigenvalue weighted by molar-refractivity contribution is -0.310. The highest BCUT2D eigenvalue weighted by Crippen LogP contribution is 2.56. The minimum absolute atomic E-state index is 0.0301. The smallest absolute Gasteiger partial charge is 0.310 e. The van der Waals surface area contributed by atoms with E-state index in [9.17, 15) is 20.1 Å². The number of cyclic esters (lactones) is 1. The normalized spacial score (nSPS) is 31.6. The Morgan fingerprint density at radius 3 is 2.28 bits per heavy atom. The Morgan fingerprint density at radius 2 is 1.63 bits per heavy atom. The maximum Gasteiger partial charge on any atom is 0.310 e. The molecule has 0 radical (unpaired) electrons. The van der Waals surface area contributed by atoms with Crippen molar-refractivity contribution in [1.82, 2.24) is 0 Å². The van der Waals surface area contributed by atoms with Gasteiger partial charge in [-0.15, -0.1) is 0 Å². The van der Waals surface area contributed by atoms with Crippen molar-refractivity contribution in [2.24, 2.45) is 11.8 Å². The van der Waals surface area contributed by atoms with Gasteiger partial charge in [-0.2, -0.15) is 0 Å². The molecule has 0 bridgehead atoms. The van der Waals surface area contributed by atoms with Gasteiger partial charge in [0.1, 0.15) is 18.3 Å². The van der Waals surface area contributed by atoms with Crippen molar-refractivity contribution in [1.29, 1.82) is 0 Å². The lowest BCUT2D eigenvalue weighted by Crippen LogP contribution is -2.56. The lowest BCUT2D eigenvalue weighted by atomic mass is 9.66. The van der Waals surface area contributed by atoms with E-state index in [1.165, 1.54) is 14.2 Å². The number of hydrogen-bond acceptors (Lipinski definition) is 13. The molecule has 1 aliphatic carbocycles. The molecule has 0 aromatic heterocycles. The zero-order valence-corrected chi connectivity index (χ0v) is 24.3. The van der Waals surface area contributed by atoms with Crippen LogP contribution < -0.4 is 18.9 Å². The Bertz CT molecular complexity index is 1320. The molecule has 2 aromatic rings. The standard InChI is InChI=1S/C30H36O13/c1-5-37-13(2)42-22-11-39-30(27(33)26(22)32)43-28-16-9-19-18(40-12-41-19)8-15(16)23(24-17(28)10-38-29(24)34)14-6-20(35-3)25(31)21(7-14)36-4/h6-9,13,17,22-24,26-28,30-33H,5,10-12H2,1-4H3/t13?,17-,22?,23?,24?,26?,27?,28?,30?/m0/s1. The van der Waals surface area contributed by atoms with Gasteiger partial charge < -0.3 is 58.0 Å². The Balaban J connectivity index is 1.38. The van der Waals surface area contributed by atoms with E-state index in [4.69, 9.17) is 42.6 Å². The molecule has 13 nitrogen and oxygen atoms in total. The van der Waals surface area contributed by atoms with Crippen molar-refractivity contribution in [3.05, 3.63) is 41.0 Å². The van der Waals surface area contributed by atoms with E-state index in [0.717, 1.165) is 0 Å². The number of methoxy groups -OCH3 is 2. The number of phenolic OH excluding ortho intramolecular Hbond substituents is 1. The number of phenols is 1. The zero-order valence-electron chi connectivity index (χ0n) is 24.3. The van der Waals surface area contributed by atoms with Crippen molar-refractivity contribution in [3.8, 4) is 28.7 Å². The number of rotatable bonds is 9. The van der Waals surface area contributed by atoms with Crippen LogP contribution in [0.4, 0.5) is 0 Å². The first kappa shape index (κ1) is 29.7. The van der Waals surface area contributed by atoms with Crippen molar-refractivity contribution in [3.63, 3.8) is 0 Å². The summed E-state index contributed by atoms with van der Waals surface area (Å²) in [4.78, 5) is 13.4. The molecular formula is C30H36O13. The molecule has 3 heterocycles. The van der Waals surface area contributed by atoms with Crippen LogP contribution in [0.5, 0.6) is 28.7 Å². The molecular weight excluding hydrogens is 568 g/mol. The number of fused-ring (bicyclic) bond motifs is 3. The number of benzene rings is 2. The first-order chi connectivity index (χ1) is 20.7. The quantitative estimate of drug-likeness (QED) is 0.282. The number of hydrogen-bond donors (Lipinski definition) is 3. The number of carbonyl (C=O) groups excluding carboxylic acids is 1. The third-order valence-corrected chi connectivity index (χ3v) is 8.46. The van der Waals surface area contributed by atoms with Gasteiger partial charge in [0.05, 0.1) is 39.5 Å². The van der Waals surface area contributed by atoms with E-state index < -0.39 is 60.7 Å². The third-order valence-electron chi connectivity index (χ3n) is 8.46. The molecule has 234 valence electrons. The van der Waals surface area contributed by atoms with Gasteiger partial charge in [-0.1, -0.05) is 0 Å². The summed E-state index contributed by atoms with van der Waals surface area (Å²) in [5, 5.41) is 32.5. The summed E-state index contributed by atoms with van der Waals surface area (Å²) in [5.74, 6) is -1.02. The van der Waals surface area contributed by atoms with Crippen LogP contribution in [0.25, 0.3) is 0 Å². The molecule has 0 saturated carbocycles. The average molecular weight is 605 g/mol. The second kappa shape index (κ2) is 12.0. The molecule has 0 spiro atoms. The van der Waals surface area contributed by atoms with Gasteiger partial charge >= 0.3 is 5.97 Å². The fourth-order valence-electron chi connectivity index (χ4n) is 6.45. The van der Waals surface area contributed by atoms with Gasteiger partial charge in [-0.25, -0.2) is 0 Å². The minimum atomic E-state index is -1.45. The molecule has 9 atom stereocenters. The van der Waals surface area contributed by atoms with Crippen LogP contribution in [0, 0.1) is 11.8 Å². The Hall–Kier alpha value is -3.33. The monoisotopic (exact) mass is 604 g/mol. The molecule has 43 heavy (non-hydrogen) atoms. The predicted octanol–water partition coefficient (Wildman–Crippen LogP) is 1.98. The topological polar surface area (TPSA) is 161 Å². The van der Waals surface area contributed by atoms with Crippen molar-refractivity contribution < 1.29 is 62.7 Å². The van der Waals surface area contributed by atoms with Gasteiger partial charge in [0.25, 0.3) is 0 Å². The number of ether oxygens (including phenoxy) is 9. The first-order valence-electron chi connectivity index (χ1n) is 14.2. The van der Waals surface area contributed by atoms with Gasteiger partial charge in [0.2, 0.25) is 12.5 Å². The fourth-order valence-corrected chi connectivity index (χ4v) is 6.45. The van der Waals surface area contributed by atoms with Crippen molar-refractivity contribution >= 4 is 5.97 Å². The number of aromatic hydroxyl groups is 1. The average Bonchev–Trinajstić information content (AvgIpc) is 3.62. The number of esters is 1. The van der Waals surface area contributed by atoms with E-state index in [2.05, 4.69) is 0 Å². The minimum Gasteiger partial charge on any atom is -0.502 e. The van der Waals surface area contributed by atoms with Gasteiger partial charge in [0, 0.05) is 18.4 Å². The number of carbonyl (C=O) groups is 1. The highest BCUT2D eigenvalue weighted by molar-refractivity contribution is 5.79. The van der Waals surface area contributed by atoms with E-state index in [0.29, 0.717) is 34.8 Å². The molecule has 2 aromatic carbocycles. The van der Waals surface area contributed by atoms with Crippen LogP contribution in [-0.2, 0) is 28.5 Å². The predicted molar refractivity (Wildman–Crippen MR) is 145 cm³/mol. The van der Waals surface area contributed by atoms with Gasteiger partial charge in [0.15, 0.2) is 35.6 Å². The lowest BCUT2D eigenvalue weighted by Gasteiger charge is -2.43. The Kier molecular flexibility index (Phi) is 8.28. The van der Waals surface area contributed by atoms with Crippen LogP contribution in [0.1, 0.15) is 42.6 Å². The summed E-state index contributed by atoms with van der Waals surface area (Å²) in [6.45, 7) is 3.97. The Labute approximate surface area is 248 Å². The molecule has 4 aliphatic rings. The highest BCUT2D eigenvalue weighted by atomic mass is 16.7. The van der Waals surface area contributed by atoms with Gasteiger partial charge in [-0.3, -0.25) is 4.79 Å². The summed E-state index contributed by atoms with van der Waals surface area (Å²) < 4.78 is 51.2. The second-order valence-electron chi connectivity index (χ2n) is 10.8. The molecule has 8 unspecified atom stereocenters. The highest BCUT2D eigenvalue weighted by Gasteiger charge is 2.55. The van der Waals surface area contributed by atoms with E-state index in [-0.39, 0.29) is 37.3 Å². The summed E-state index contributed by atoms with van der Waals surface area (Å²) in [5.41, 5.74) is 2.02. The first-order valence-corrected chi connectivity index (χ1v) is 14.2. The Morgan fingerprint density at radius 1 is 0.953 bits per heavy atom. The molecule has 2 saturated heterocycles. The second-order valence-corrected chi connectivity index (χ2v) is 10.8. The third kappa shape index (κ3) is 5.23. The van der Waals surface area contributed by atoms with Crippen molar-refractivity contribution in [2.45, 2.75) is 56.8 Å². The largest absolute Gasteiger partial charge is 0.502 e. The van der Waals surface area contributed by atoms with Crippen LogP contribution in [-0.4, -0.2) is 93.0 Å². The number of aliphatic hydroxyl groups is 2. The molecule has 3 N–H and O–H groups in total. The van der Waals surface area contributed by atoms with E-state index in [1.807, 2.05) is 6.92 Å². The summed E-state index contributed by atoms with van der Waals surface area (Å²) >= 11 is 0. The van der Waals surface area contributed by atoms with Crippen LogP contribution in [0.15, 0.2) is 24.3 Å². The molecule has 2 fully saturated rings. The molecule has 13 heteroatoms.